The van der Waals surface area contributed by atoms with E-state index in [2.05, 4.69) is 19.4 Å². The van der Waals surface area contributed by atoms with Gasteiger partial charge >= 0.3 is 18.1 Å². The van der Waals surface area contributed by atoms with E-state index in [1.165, 1.54) is 49.1 Å². The van der Waals surface area contributed by atoms with Gasteiger partial charge in [0.1, 0.15) is 13.2 Å². The van der Waals surface area contributed by atoms with Crippen LogP contribution in [0.25, 0.3) is 0 Å². The number of aromatic nitrogens is 2. The van der Waals surface area contributed by atoms with Gasteiger partial charge in [-0.3, -0.25) is 9.97 Å². The van der Waals surface area contributed by atoms with Crippen LogP contribution in [-0.2, 0) is 18.9 Å². The van der Waals surface area contributed by atoms with Gasteiger partial charge in [-0.2, -0.15) is 0 Å². The van der Waals surface area contributed by atoms with Crippen molar-refractivity contribution in [3.05, 3.63) is 60.2 Å². The highest BCUT2D eigenvalue weighted by atomic mass is 35.5. The summed E-state index contributed by atoms with van der Waals surface area (Å²) >= 11 is 11.5. The highest BCUT2D eigenvalue weighted by molar-refractivity contribution is 6.21. The second-order valence-corrected chi connectivity index (χ2v) is 5.95. The molecule has 148 valence electrons. The minimum Gasteiger partial charge on any atom is -0.457 e. The van der Waals surface area contributed by atoms with Crippen LogP contribution in [0, 0.1) is 0 Å². The van der Waals surface area contributed by atoms with E-state index >= 15 is 0 Å². The largest absolute Gasteiger partial charge is 0.511 e. The number of carbonyl (C=O) groups excluding carboxylic acids is 3. The molecule has 0 saturated carbocycles. The second kappa shape index (κ2) is 11.1. The van der Waals surface area contributed by atoms with Gasteiger partial charge in [-0.1, -0.05) is 23.2 Å². The summed E-state index contributed by atoms with van der Waals surface area (Å²) in [5.74, 6) is -1.33. The van der Waals surface area contributed by atoms with Gasteiger partial charge in [0.15, 0.2) is 0 Å². The number of esters is 2. The molecule has 11 heteroatoms. The molecular formula is C17H14Cl2N2O7. The highest BCUT2D eigenvalue weighted by Gasteiger charge is 2.20. The molecule has 0 aromatic carbocycles. The molecule has 0 N–H and O–H groups in total. The third-order valence-corrected chi connectivity index (χ3v) is 3.40. The Bertz CT molecular complexity index is 727. The summed E-state index contributed by atoms with van der Waals surface area (Å²) in [5.41, 5.74) is -2.08. The SMILES string of the molecule is O=C(OC(Cl)COC(=O)c1ccncc1)OC(Cl)COC(=O)c1ccncc1. The fourth-order valence-electron chi connectivity index (χ4n) is 1.73. The van der Waals surface area contributed by atoms with E-state index in [1.807, 2.05) is 0 Å². The monoisotopic (exact) mass is 428 g/mol. The lowest BCUT2D eigenvalue weighted by atomic mass is 10.3. The van der Waals surface area contributed by atoms with Crippen molar-refractivity contribution in [3.63, 3.8) is 0 Å². The highest BCUT2D eigenvalue weighted by Crippen LogP contribution is 2.09. The van der Waals surface area contributed by atoms with E-state index in [9.17, 15) is 14.4 Å². The average molecular weight is 429 g/mol. The van der Waals surface area contributed by atoms with Crippen molar-refractivity contribution in [2.75, 3.05) is 13.2 Å². The number of carbonyl (C=O) groups is 3. The predicted molar refractivity (Wildman–Crippen MR) is 95.9 cm³/mol. The molecule has 0 bridgehead atoms. The summed E-state index contributed by atoms with van der Waals surface area (Å²) in [5, 5.41) is 0. The minimum absolute atomic E-state index is 0.262. The number of hydrogen-bond acceptors (Lipinski definition) is 9. The van der Waals surface area contributed by atoms with Crippen LogP contribution < -0.4 is 0 Å². The Morgan fingerprint density at radius 1 is 0.750 bits per heavy atom. The Kier molecular flexibility index (Phi) is 8.44. The second-order valence-electron chi connectivity index (χ2n) is 4.97. The van der Waals surface area contributed by atoms with E-state index in [0.717, 1.165) is 0 Å². The maximum atomic E-state index is 11.7. The summed E-state index contributed by atoms with van der Waals surface area (Å²) in [4.78, 5) is 42.6. The Labute approximate surface area is 169 Å². The van der Waals surface area contributed by atoms with Gasteiger partial charge in [0.25, 0.3) is 0 Å². The molecule has 2 heterocycles. The maximum Gasteiger partial charge on any atom is 0.511 e. The molecule has 2 aromatic heterocycles. The number of alkyl halides is 2. The van der Waals surface area contributed by atoms with Gasteiger partial charge in [0.2, 0.25) is 11.1 Å². The molecular weight excluding hydrogens is 415 g/mol. The number of nitrogens with zero attached hydrogens (tertiary/aromatic N) is 2. The van der Waals surface area contributed by atoms with Crippen LogP contribution in [0.15, 0.2) is 49.1 Å². The van der Waals surface area contributed by atoms with Crippen LogP contribution in [0.1, 0.15) is 20.7 Å². The zero-order valence-corrected chi connectivity index (χ0v) is 15.7. The first-order valence-electron chi connectivity index (χ1n) is 7.75. The average Bonchev–Trinajstić information content (AvgIpc) is 2.71. The third-order valence-electron chi connectivity index (χ3n) is 2.97. The Hall–Kier alpha value is -2.91. The van der Waals surface area contributed by atoms with Crippen LogP contribution in [-0.4, -0.2) is 52.4 Å². The van der Waals surface area contributed by atoms with Gasteiger partial charge < -0.3 is 18.9 Å². The molecule has 2 rings (SSSR count). The molecule has 0 aliphatic heterocycles. The molecule has 0 radical (unpaired) electrons. The molecule has 28 heavy (non-hydrogen) atoms. The molecule has 2 atom stereocenters. The number of rotatable bonds is 8. The fraction of sp³-hybridized carbons (Fsp3) is 0.235. The van der Waals surface area contributed by atoms with Gasteiger partial charge in [0, 0.05) is 24.8 Å². The normalized spacial score (nSPS) is 12.4. The van der Waals surface area contributed by atoms with Crippen LogP contribution in [0.4, 0.5) is 4.79 Å². The number of pyridine rings is 2. The van der Waals surface area contributed by atoms with Crippen molar-refractivity contribution in [3.8, 4) is 0 Å². The van der Waals surface area contributed by atoms with Crippen LogP contribution in [0.3, 0.4) is 0 Å². The molecule has 0 spiro atoms. The molecule has 0 aliphatic rings. The lowest BCUT2D eigenvalue weighted by Crippen LogP contribution is -2.25. The zero-order chi connectivity index (χ0) is 20.4. The smallest absolute Gasteiger partial charge is 0.457 e. The van der Waals surface area contributed by atoms with Gasteiger partial charge in [0.05, 0.1) is 11.1 Å². The summed E-state index contributed by atoms with van der Waals surface area (Å²) in [7, 11) is 0. The van der Waals surface area contributed by atoms with E-state index in [-0.39, 0.29) is 11.1 Å². The third kappa shape index (κ3) is 7.37. The standard InChI is InChI=1S/C17H14Cl2N2O7/c18-13(9-25-15(22)11-1-5-20-6-2-11)27-17(24)28-14(19)10-26-16(23)12-3-7-21-8-4-12/h1-8,13-14H,9-10H2. The Morgan fingerprint density at radius 2 is 1.11 bits per heavy atom. The van der Waals surface area contributed by atoms with Crippen molar-refractivity contribution in [2.24, 2.45) is 0 Å². The van der Waals surface area contributed by atoms with Crippen LogP contribution >= 0.6 is 23.2 Å². The van der Waals surface area contributed by atoms with E-state index in [0.29, 0.717) is 0 Å². The molecule has 2 unspecified atom stereocenters. The summed E-state index contributed by atoms with van der Waals surface area (Å²) in [6.07, 6.45) is 4.46. The Balaban J connectivity index is 1.66. The fourth-order valence-corrected chi connectivity index (χ4v) is 2.00. The van der Waals surface area contributed by atoms with Crippen molar-refractivity contribution < 1.29 is 33.3 Å². The molecule has 0 aliphatic carbocycles. The lowest BCUT2D eigenvalue weighted by Gasteiger charge is -2.14. The van der Waals surface area contributed by atoms with E-state index in [4.69, 9.17) is 32.7 Å². The van der Waals surface area contributed by atoms with Crippen LogP contribution in [0.5, 0.6) is 0 Å². The minimum atomic E-state index is -1.30. The zero-order valence-electron chi connectivity index (χ0n) is 14.2. The van der Waals surface area contributed by atoms with Crippen molar-refractivity contribution in [2.45, 2.75) is 11.1 Å². The lowest BCUT2D eigenvalue weighted by molar-refractivity contribution is -0.00480. The van der Waals surface area contributed by atoms with Gasteiger partial charge in [-0.05, 0) is 24.3 Å². The van der Waals surface area contributed by atoms with Gasteiger partial charge in [-0.15, -0.1) is 0 Å². The summed E-state index contributed by atoms with van der Waals surface area (Å²) in [6, 6.07) is 5.80. The quantitative estimate of drug-likeness (QED) is 0.355. The summed E-state index contributed by atoms with van der Waals surface area (Å²) < 4.78 is 19.1. The molecule has 0 fully saturated rings. The van der Waals surface area contributed by atoms with E-state index < -0.39 is 42.4 Å². The Morgan fingerprint density at radius 3 is 1.46 bits per heavy atom. The first-order valence-corrected chi connectivity index (χ1v) is 8.62. The van der Waals surface area contributed by atoms with Crippen molar-refractivity contribution in [1.82, 2.24) is 9.97 Å². The summed E-state index contributed by atoms with van der Waals surface area (Å²) in [6.45, 7) is -0.830. The van der Waals surface area contributed by atoms with E-state index in [1.54, 1.807) is 0 Å². The molecule has 0 amide bonds. The number of ether oxygens (including phenoxy) is 4. The van der Waals surface area contributed by atoms with Crippen LogP contribution in [0.2, 0.25) is 0 Å². The molecule has 0 saturated heterocycles. The van der Waals surface area contributed by atoms with Crippen molar-refractivity contribution >= 4 is 41.3 Å². The first-order chi connectivity index (χ1) is 13.5. The predicted octanol–water partition coefficient (Wildman–Crippen LogP) is 2.77. The topological polar surface area (TPSA) is 114 Å². The van der Waals surface area contributed by atoms with Gasteiger partial charge in [-0.25, -0.2) is 14.4 Å². The molecule has 9 nitrogen and oxygen atoms in total. The first kappa shape index (κ1) is 21.4. The number of hydrogen-bond donors (Lipinski definition) is 0. The van der Waals surface area contributed by atoms with Crippen molar-refractivity contribution in [1.29, 1.82) is 0 Å². The number of halogens is 2. The maximum absolute atomic E-state index is 11.7. The molecule has 2 aromatic rings.